The summed E-state index contributed by atoms with van der Waals surface area (Å²) in [5, 5.41) is 3.39. The summed E-state index contributed by atoms with van der Waals surface area (Å²) in [5.41, 5.74) is 2.19. The molecule has 1 aliphatic heterocycles. The maximum absolute atomic E-state index is 13.7. The van der Waals surface area contributed by atoms with Gasteiger partial charge in [-0.15, -0.1) is 0 Å². The van der Waals surface area contributed by atoms with Crippen molar-refractivity contribution in [2.75, 3.05) is 38.6 Å². The summed E-state index contributed by atoms with van der Waals surface area (Å²) < 4.78 is 13.7. The number of hydrogen-bond acceptors (Lipinski definition) is 3. The lowest BCUT2D eigenvalue weighted by Crippen LogP contribution is -2.45. The smallest absolute Gasteiger partial charge is 0.123 e. The minimum atomic E-state index is -0.160. The first-order valence-electron chi connectivity index (χ1n) is 7.97. The molecule has 0 bridgehead atoms. The topological polar surface area (TPSA) is 18.5 Å². The van der Waals surface area contributed by atoms with E-state index in [1.165, 1.54) is 19.4 Å². The van der Waals surface area contributed by atoms with Crippen LogP contribution < -0.4 is 10.2 Å². The molecule has 1 aromatic carbocycles. The van der Waals surface area contributed by atoms with Crippen LogP contribution in [-0.2, 0) is 0 Å². The van der Waals surface area contributed by atoms with Crippen molar-refractivity contribution < 1.29 is 4.39 Å². The Labute approximate surface area is 128 Å². The third-order valence-corrected chi connectivity index (χ3v) is 4.49. The molecular formula is C17H28FN3. The SMILES string of the molecule is CCNC(C)c1cc(F)ccc1N(C)C1CCCN(C)C1. The minimum absolute atomic E-state index is 0.157. The predicted molar refractivity (Wildman–Crippen MR) is 87.4 cm³/mol. The van der Waals surface area contributed by atoms with Gasteiger partial charge in [0.05, 0.1) is 0 Å². The molecule has 0 amide bonds. The van der Waals surface area contributed by atoms with Gasteiger partial charge in [-0.1, -0.05) is 6.92 Å². The van der Waals surface area contributed by atoms with Gasteiger partial charge in [-0.2, -0.15) is 0 Å². The van der Waals surface area contributed by atoms with Crippen molar-refractivity contribution >= 4 is 5.69 Å². The highest BCUT2D eigenvalue weighted by Crippen LogP contribution is 2.29. The minimum Gasteiger partial charge on any atom is -0.370 e. The average molecular weight is 293 g/mol. The number of nitrogens with one attached hydrogen (secondary N) is 1. The second-order valence-corrected chi connectivity index (χ2v) is 6.15. The summed E-state index contributed by atoms with van der Waals surface area (Å²) in [6.45, 7) is 7.31. The van der Waals surface area contributed by atoms with E-state index in [2.05, 4.69) is 43.1 Å². The molecule has 0 radical (unpaired) electrons. The summed E-state index contributed by atoms with van der Waals surface area (Å²) in [6, 6.07) is 5.82. The fourth-order valence-electron chi connectivity index (χ4n) is 3.26. The molecule has 1 aromatic rings. The van der Waals surface area contributed by atoms with Gasteiger partial charge in [0.25, 0.3) is 0 Å². The van der Waals surface area contributed by atoms with E-state index in [1.807, 2.05) is 6.07 Å². The zero-order valence-corrected chi connectivity index (χ0v) is 13.7. The van der Waals surface area contributed by atoms with Crippen LogP contribution in [0.15, 0.2) is 18.2 Å². The van der Waals surface area contributed by atoms with E-state index in [9.17, 15) is 4.39 Å². The highest BCUT2D eigenvalue weighted by molar-refractivity contribution is 5.55. The maximum atomic E-state index is 13.7. The molecule has 2 rings (SSSR count). The number of nitrogens with zero attached hydrogens (tertiary/aromatic N) is 2. The molecule has 0 saturated carbocycles. The molecule has 0 aromatic heterocycles. The van der Waals surface area contributed by atoms with Crippen molar-refractivity contribution in [3.63, 3.8) is 0 Å². The number of halogens is 1. The van der Waals surface area contributed by atoms with Gasteiger partial charge in [0.15, 0.2) is 0 Å². The summed E-state index contributed by atoms with van der Waals surface area (Å²) >= 11 is 0. The molecule has 0 spiro atoms. The zero-order chi connectivity index (χ0) is 15.4. The highest BCUT2D eigenvalue weighted by Gasteiger charge is 2.24. The van der Waals surface area contributed by atoms with Gasteiger partial charge in [0.1, 0.15) is 5.82 Å². The number of benzene rings is 1. The number of rotatable bonds is 5. The van der Waals surface area contributed by atoms with Crippen molar-refractivity contribution in [1.82, 2.24) is 10.2 Å². The summed E-state index contributed by atoms with van der Waals surface area (Å²) in [4.78, 5) is 4.71. The Morgan fingerprint density at radius 3 is 2.90 bits per heavy atom. The molecule has 118 valence electrons. The van der Waals surface area contributed by atoms with Gasteiger partial charge in [-0.3, -0.25) is 0 Å². The van der Waals surface area contributed by atoms with Crippen molar-refractivity contribution in [3.8, 4) is 0 Å². The highest BCUT2D eigenvalue weighted by atomic mass is 19.1. The van der Waals surface area contributed by atoms with E-state index in [-0.39, 0.29) is 11.9 Å². The number of hydrogen-bond donors (Lipinski definition) is 1. The predicted octanol–water partition coefficient (Wildman–Crippen LogP) is 3.03. The van der Waals surface area contributed by atoms with Crippen LogP contribution in [0.25, 0.3) is 0 Å². The quantitative estimate of drug-likeness (QED) is 0.900. The summed E-state index contributed by atoms with van der Waals surface area (Å²) in [7, 11) is 4.31. The second kappa shape index (κ2) is 7.23. The van der Waals surface area contributed by atoms with Crippen LogP contribution in [0.3, 0.4) is 0 Å². The lowest BCUT2D eigenvalue weighted by Gasteiger charge is -2.38. The third kappa shape index (κ3) is 3.95. The van der Waals surface area contributed by atoms with Crippen molar-refractivity contribution in [1.29, 1.82) is 0 Å². The van der Waals surface area contributed by atoms with Crippen LogP contribution in [-0.4, -0.2) is 44.7 Å². The zero-order valence-electron chi connectivity index (χ0n) is 13.7. The Balaban J connectivity index is 2.24. The summed E-state index contributed by atoms with van der Waals surface area (Å²) in [6.07, 6.45) is 2.43. The Hall–Kier alpha value is -1.13. The van der Waals surface area contributed by atoms with E-state index in [4.69, 9.17) is 0 Å². The van der Waals surface area contributed by atoms with Gasteiger partial charge in [-0.25, -0.2) is 4.39 Å². The molecule has 2 atom stereocenters. The van der Waals surface area contributed by atoms with Crippen LogP contribution in [0.5, 0.6) is 0 Å². The molecule has 3 nitrogen and oxygen atoms in total. The molecular weight excluding hydrogens is 265 g/mol. The number of likely N-dealkylation sites (N-methyl/N-ethyl adjacent to an activating group) is 2. The van der Waals surface area contributed by atoms with Crippen LogP contribution in [0, 0.1) is 5.82 Å². The van der Waals surface area contributed by atoms with E-state index >= 15 is 0 Å². The Morgan fingerprint density at radius 1 is 1.48 bits per heavy atom. The van der Waals surface area contributed by atoms with Gasteiger partial charge >= 0.3 is 0 Å². The lowest BCUT2D eigenvalue weighted by atomic mass is 10.0. The van der Waals surface area contributed by atoms with Gasteiger partial charge in [-0.05, 0) is 63.7 Å². The van der Waals surface area contributed by atoms with Crippen molar-refractivity contribution in [2.45, 2.75) is 38.8 Å². The van der Waals surface area contributed by atoms with Gasteiger partial charge in [0, 0.05) is 31.4 Å². The molecule has 1 heterocycles. The molecule has 1 saturated heterocycles. The average Bonchev–Trinajstić information content (AvgIpc) is 2.46. The molecule has 2 unspecified atom stereocenters. The van der Waals surface area contributed by atoms with Crippen LogP contribution >= 0.6 is 0 Å². The van der Waals surface area contributed by atoms with Crippen LogP contribution in [0.1, 0.15) is 38.3 Å². The number of likely N-dealkylation sites (tertiary alicyclic amines) is 1. The van der Waals surface area contributed by atoms with Gasteiger partial charge in [0.2, 0.25) is 0 Å². The van der Waals surface area contributed by atoms with E-state index < -0.39 is 0 Å². The Morgan fingerprint density at radius 2 is 2.24 bits per heavy atom. The first-order chi connectivity index (χ1) is 10.0. The first kappa shape index (κ1) is 16.2. The van der Waals surface area contributed by atoms with Crippen LogP contribution in [0.4, 0.5) is 10.1 Å². The largest absolute Gasteiger partial charge is 0.370 e. The number of anilines is 1. The molecule has 1 N–H and O–H groups in total. The normalized spacial score (nSPS) is 21.3. The molecule has 21 heavy (non-hydrogen) atoms. The molecule has 1 aliphatic rings. The Kier molecular flexibility index (Phi) is 5.59. The van der Waals surface area contributed by atoms with Gasteiger partial charge < -0.3 is 15.1 Å². The van der Waals surface area contributed by atoms with E-state index in [1.54, 1.807) is 12.1 Å². The molecule has 0 aliphatic carbocycles. The maximum Gasteiger partial charge on any atom is 0.123 e. The second-order valence-electron chi connectivity index (χ2n) is 6.15. The molecule has 1 fully saturated rings. The van der Waals surface area contributed by atoms with Crippen molar-refractivity contribution in [2.24, 2.45) is 0 Å². The fourth-order valence-corrected chi connectivity index (χ4v) is 3.26. The van der Waals surface area contributed by atoms with E-state index in [0.717, 1.165) is 24.3 Å². The fraction of sp³-hybridized carbons (Fsp3) is 0.647. The number of piperidine rings is 1. The van der Waals surface area contributed by atoms with Crippen molar-refractivity contribution in [3.05, 3.63) is 29.6 Å². The Bertz CT molecular complexity index is 463. The summed E-state index contributed by atoms with van der Waals surface area (Å²) in [5.74, 6) is -0.160. The lowest BCUT2D eigenvalue weighted by molar-refractivity contribution is 0.247. The molecule has 4 heteroatoms. The monoisotopic (exact) mass is 293 g/mol. The first-order valence-corrected chi connectivity index (χ1v) is 7.97. The third-order valence-electron chi connectivity index (χ3n) is 4.49. The van der Waals surface area contributed by atoms with Crippen LogP contribution in [0.2, 0.25) is 0 Å². The standard InChI is InChI=1S/C17H28FN3/c1-5-19-13(2)16-11-14(18)8-9-17(16)21(4)15-7-6-10-20(3)12-15/h8-9,11,13,15,19H,5-7,10,12H2,1-4H3. The van der Waals surface area contributed by atoms with E-state index in [0.29, 0.717) is 6.04 Å².